The molecule has 5 nitrogen and oxygen atoms in total. The van der Waals surface area contributed by atoms with Gasteiger partial charge in [0.05, 0.1) is 12.4 Å². The fourth-order valence-corrected chi connectivity index (χ4v) is 3.03. The summed E-state index contributed by atoms with van der Waals surface area (Å²) in [7, 11) is -3.08. The maximum Gasteiger partial charge on any atom is 0.255 e. The van der Waals surface area contributed by atoms with Gasteiger partial charge in [0, 0.05) is 17.5 Å². The maximum atomic E-state index is 12.2. The van der Waals surface area contributed by atoms with Crippen molar-refractivity contribution in [2.45, 2.75) is 25.5 Å². The average Bonchev–Trinajstić information content (AvgIpc) is 2.56. The van der Waals surface area contributed by atoms with Gasteiger partial charge in [0.1, 0.15) is 5.75 Å². The van der Waals surface area contributed by atoms with Crippen LogP contribution in [0, 0.1) is 0 Å². The van der Waals surface area contributed by atoms with Crippen molar-refractivity contribution in [2.75, 3.05) is 18.2 Å². The van der Waals surface area contributed by atoms with Gasteiger partial charge in [0.15, 0.2) is 9.84 Å². The number of carbonyl (C=O) groups is 1. The third kappa shape index (κ3) is 6.58. The number of hydrogen-bond acceptors (Lipinski definition) is 4. The van der Waals surface area contributed by atoms with E-state index in [-0.39, 0.29) is 11.7 Å². The molecule has 2 aromatic carbocycles. The predicted molar refractivity (Wildman–Crippen MR) is 99.8 cm³/mol. The lowest BCUT2D eigenvalue weighted by Crippen LogP contribution is -2.12. The van der Waals surface area contributed by atoms with Crippen molar-refractivity contribution in [3.63, 3.8) is 0 Å². The van der Waals surface area contributed by atoms with Crippen LogP contribution in [-0.4, -0.2) is 27.2 Å². The van der Waals surface area contributed by atoms with Crippen molar-refractivity contribution in [3.05, 3.63) is 59.7 Å². The topological polar surface area (TPSA) is 72.5 Å². The first-order chi connectivity index (χ1) is 11.9. The highest BCUT2D eigenvalue weighted by Gasteiger charge is 2.08. The van der Waals surface area contributed by atoms with Crippen LogP contribution in [0.5, 0.6) is 5.75 Å². The molecule has 2 rings (SSSR count). The van der Waals surface area contributed by atoms with Gasteiger partial charge in [-0.05, 0) is 48.4 Å². The summed E-state index contributed by atoms with van der Waals surface area (Å²) in [6.07, 6.45) is 3.27. The van der Waals surface area contributed by atoms with E-state index in [4.69, 9.17) is 4.74 Å². The van der Waals surface area contributed by atoms with Gasteiger partial charge in [-0.3, -0.25) is 4.79 Å². The molecule has 0 unspecified atom stereocenters. The van der Waals surface area contributed by atoms with E-state index in [1.54, 1.807) is 36.4 Å². The van der Waals surface area contributed by atoms with Gasteiger partial charge in [0.2, 0.25) is 0 Å². The number of anilines is 1. The molecule has 0 saturated carbocycles. The third-order valence-corrected chi connectivity index (χ3v) is 4.38. The molecule has 0 bridgehead atoms. The zero-order valence-electron chi connectivity index (χ0n) is 14.5. The second kappa shape index (κ2) is 8.67. The fraction of sp³-hybridized carbons (Fsp3) is 0.316. The number of carbonyl (C=O) groups excluding carboxylic acids is 1. The number of benzene rings is 2. The minimum atomic E-state index is -3.08. The molecule has 0 aliphatic heterocycles. The summed E-state index contributed by atoms with van der Waals surface area (Å²) in [6, 6.07) is 13.8. The number of sulfone groups is 1. The Kier molecular flexibility index (Phi) is 6.58. The summed E-state index contributed by atoms with van der Waals surface area (Å²) in [5, 5.41) is 2.81. The lowest BCUT2D eigenvalue weighted by atomic mass is 10.1. The second-order valence-electron chi connectivity index (χ2n) is 5.95. The number of unbranched alkanes of at least 4 members (excludes halogenated alkanes) is 1. The number of rotatable bonds is 8. The average molecular weight is 361 g/mol. The summed E-state index contributed by atoms with van der Waals surface area (Å²) in [5.74, 6) is 0.496. The molecule has 1 amide bonds. The van der Waals surface area contributed by atoms with E-state index in [1.165, 1.54) is 6.26 Å². The van der Waals surface area contributed by atoms with Crippen molar-refractivity contribution in [2.24, 2.45) is 0 Å². The van der Waals surface area contributed by atoms with Gasteiger partial charge >= 0.3 is 0 Å². The molecule has 0 aliphatic rings. The molecular weight excluding hydrogens is 338 g/mol. The van der Waals surface area contributed by atoms with E-state index < -0.39 is 9.84 Å². The second-order valence-corrected chi connectivity index (χ2v) is 8.09. The molecule has 0 fully saturated rings. The van der Waals surface area contributed by atoms with Crippen LogP contribution in [0.4, 0.5) is 5.69 Å². The Morgan fingerprint density at radius 1 is 1.04 bits per heavy atom. The van der Waals surface area contributed by atoms with Crippen LogP contribution in [0.3, 0.4) is 0 Å². The first kappa shape index (κ1) is 19.0. The van der Waals surface area contributed by atoms with Crippen LogP contribution in [0.1, 0.15) is 35.7 Å². The SMILES string of the molecule is CCCCOc1ccc(NC(=O)c2ccc(CS(C)(=O)=O)cc2)cc1. The summed E-state index contributed by atoms with van der Waals surface area (Å²) in [5.41, 5.74) is 1.81. The smallest absolute Gasteiger partial charge is 0.255 e. The van der Waals surface area contributed by atoms with Crippen LogP contribution < -0.4 is 10.1 Å². The van der Waals surface area contributed by atoms with Crippen molar-refractivity contribution >= 4 is 21.4 Å². The minimum absolute atomic E-state index is 0.0333. The van der Waals surface area contributed by atoms with E-state index in [0.717, 1.165) is 18.6 Å². The van der Waals surface area contributed by atoms with Crippen LogP contribution in [-0.2, 0) is 15.6 Å². The van der Waals surface area contributed by atoms with Crippen LogP contribution >= 0.6 is 0 Å². The van der Waals surface area contributed by atoms with Crippen LogP contribution in [0.2, 0.25) is 0 Å². The van der Waals surface area contributed by atoms with Crippen molar-refractivity contribution < 1.29 is 17.9 Å². The molecule has 2 aromatic rings. The third-order valence-electron chi connectivity index (χ3n) is 3.52. The lowest BCUT2D eigenvalue weighted by Gasteiger charge is -2.08. The summed E-state index contributed by atoms with van der Waals surface area (Å²) in [4.78, 5) is 12.2. The molecule has 134 valence electrons. The molecule has 0 radical (unpaired) electrons. The molecule has 25 heavy (non-hydrogen) atoms. The Labute approximate surface area is 148 Å². The zero-order valence-corrected chi connectivity index (χ0v) is 15.3. The highest BCUT2D eigenvalue weighted by molar-refractivity contribution is 7.89. The summed E-state index contributed by atoms with van der Waals surface area (Å²) in [6.45, 7) is 2.79. The van der Waals surface area contributed by atoms with Gasteiger partial charge in [-0.25, -0.2) is 8.42 Å². The number of ether oxygens (including phenoxy) is 1. The Morgan fingerprint density at radius 2 is 1.68 bits per heavy atom. The molecule has 0 heterocycles. The van der Waals surface area contributed by atoms with Gasteiger partial charge in [0.25, 0.3) is 5.91 Å². The fourth-order valence-electron chi connectivity index (χ4n) is 2.23. The zero-order chi connectivity index (χ0) is 18.3. The number of hydrogen-bond donors (Lipinski definition) is 1. The Hall–Kier alpha value is -2.34. The van der Waals surface area contributed by atoms with Crippen molar-refractivity contribution in [1.82, 2.24) is 0 Å². The highest BCUT2D eigenvalue weighted by Crippen LogP contribution is 2.17. The highest BCUT2D eigenvalue weighted by atomic mass is 32.2. The molecule has 1 N–H and O–H groups in total. The first-order valence-electron chi connectivity index (χ1n) is 8.18. The standard InChI is InChI=1S/C19H23NO4S/c1-3-4-13-24-18-11-9-17(10-12-18)20-19(21)16-7-5-15(6-8-16)14-25(2,22)23/h5-12H,3-4,13-14H2,1-2H3,(H,20,21). The Morgan fingerprint density at radius 3 is 2.24 bits per heavy atom. The van der Waals surface area contributed by atoms with E-state index in [1.807, 2.05) is 12.1 Å². The van der Waals surface area contributed by atoms with E-state index in [2.05, 4.69) is 12.2 Å². The van der Waals surface area contributed by atoms with E-state index in [9.17, 15) is 13.2 Å². The van der Waals surface area contributed by atoms with Gasteiger partial charge in [-0.2, -0.15) is 0 Å². The van der Waals surface area contributed by atoms with E-state index in [0.29, 0.717) is 23.4 Å². The van der Waals surface area contributed by atoms with Gasteiger partial charge in [-0.15, -0.1) is 0 Å². The monoisotopic (exact) mass is 361 g/mol. The largest absolute Gasteiger partial charge is 0.494 e. The van der Waals surface area contributed by atoms with Crippen molar-refractivity contribution in [1.29, 1.82) is 0 Å². The lowest BCUT2D eigenvalue weighted by molar-refractivity contribution is 0.102. The predicted octanol–water partition coefficient (Wildman–Crippen LogP) is 3.66. The molecule has 6 heteroatoms. The molecule has 0 spiro atoms. The molecule has 0 aliphatic carbocycles. The van der Waals surface area contributed by atoms with Crippen molar-refractivity contribution in [3.8, 4) is 5.75 Å². The van der Waals surface area contributed by atoms with Crippen LogP contribution in [0.15, 0.2) is 48.5 Å². The molecule has 0 saturated heterocycles. The van der Waals surface area contributed by atoms with E-state index >= 15 is 0 Å². The maximum absolute atomic E-state index is 12.2. The molecule has 0 aromatic heterocycles. The van der Waals surface area contributed by atoms with Crippen LogP contribution in [0.25, 0.3) is 0 Å². The molecular formula is C19H23NO4S. The summed E-state index contributed by atoms with van der Waals surface area (Å²) < 4.78 is 28.1. The van der Waals surface area contributed by atoms with Gasteiger partial charge < -0.3 is 10.1 Å². The Bertz CT molecular complexity index is 796. The molecule has 0 atom stereocenters. The number of amides is 1. The quantitative estimate of drug-likeness (QED) is 0.728. The normalized spacial score (nSPS) is 11.1. The minimum Gasteiger partial charge on any atom is -0.494 e. The first-order valence-corrected chi connectivity index (χ1v) is 10.2. The van der Waals surface area contributed by atoms with Gasteiger partial charge in [-0.1, -0.05) is 25.5 Å². The Balaban J connectivity index is 1.95. The summed E-state index contributed by atoms with van der Waals surface area (Å²) >= 11 is 0. The number of nitrogens with one attached hydrogen (secondary N) is 1.